The van der Waals surface area contributed by atoms with Crippen LogP contribution in [-0.4, -0.2) is 44.0 Å². The van der Waals surface area contributed by atoms with Gasteiger partial charge in [-0.05, 0) is 45.2 Å². The van der Waals surface area contributed by atoms with Gasteiger partial charge in [-0.25, -0.2) is 0 Å². The molecular weight excluding hydrogens is 457 g/mol. The molecule has 2 bridgehead atoms. The third-order valence-electron chi connectivity index (χ3n) is 5.48. The molecule has 6 nitrogen and oxygen atoms in total. The van der Waals surface area contributed by atoms with Crippen LogP contribution in [-0.2, 0) is 17.7 Å². The topological polar surface area (TPSA) is 64.1 Å². The number of rotatable bonds is 5. The molecule has 3 aliphatic heterocycles. The average molecular weight is 487 g/mol. The minimum atomic E-state index is 0. The van der Waals surface area contributed by atoms with Gasteiger partial charge in [0.1, 0.15) is 17.6 Å². The highest BCUT2D eigenvalue weighted by molar-refractivity contribution is 14.0. The van der Waals surface area contributed by atoms with Gasteiger partial charge in [0.2, 0.25) is 0 Å². The number of halogens is 1. The van der Waals surface area contributed by atoms with Crippen LogP contribution in [0.25, 0.3) is 0 Å². The molecule has 1 aromatic rings. The van der Waals surface area contributed by atoms with Crippen LogP contribution in [0, 0.1) is 0 Å². The smallest absolute Gasteiger partial charge is 0.191 e. The molecule has 4 rings (SSSR count). The highest BCUT2D eigenvalue weighted by atomic mass is 127. The summed E-state index contributed by atoms with van der Waals surface area (Å²) in [4.78, 5) is 4.38. The quantitative estimate of drug-likeness (QED) is 0.380. The lowest BCUT2D eigenvalue weighted by Crippen LogP contribution is -2.47. The molecule has 1 aromatic carbocycles. The third kappa shape index (κ3) is 4.45. The normalized spacial score (nSPS) is 28.3. The maximum atomic E-state index is 5.92. The Morgan fingerprint density at radius 1 is 1.33 bits per heavy atom. The van der Waals surface area contributed by atoms with Gasteiger partial charge >= 0.3 is 0 Å². The van der Waals surface area contributed by atoms with E-state index >= 15 is 0 Å². The van der Waals surface area contributed by atoms with E-state index in [2.05, 4.69) is 34.7 Å². The predicted molar refractivity (Wildman–Crippen MR) is 116 cm³/mol. The van der Waals surface area contributed by atoms with E-state index in [4.69, 9.17) is 14.2 Å². The Morgan fingerprint density at radius 2 is 2.19 bits per heavy atom. The molecule has 0 aliphatic carbocycles. The molecule has 27 heavy (non-hydrogen) atoms. The summed E-state index contributed by atoms with van der Waals surface area (Å²) in [7, 11) is 1.81. The maximum absolute atomic E-state index is 5.92. The molecular formula is C20H30IN3O3. The summed E-state index contributed by atoms with van der Waals surface area (Å²) in [5.41, 5.74) is 2.32. The molecule has 0 amide bonds. The van der Waals surface area contributed by atoms with Crippen molar-refractivity contribution in [1.82, 2.24) is 10.6 Å². The van der Waals surface area contributed by atoms with Gasteiger partial charge in [0, 0.05) is 31.1 Å². The summed E-state index contributed by atoms with van der Waals surface area (Å²) in [6, 6.07) is 4.58. The number of hydrogen-bond donors (Lipinski definition) is 2. The second-order valence-electron chi connectivity index (χ2n) is 7.42. The Labute approximate surface area is 178 Å². The molecule has 0 radical (unpaired) electrons. The fraction of sp³-hybridized carbons (Fsp3) is 0.650. The predicted octanol–water partition coefficient (Wildman–Crippen LogP) is 3.01. The van der Waals surface area contributed by atoms with Gasteiger partial charge in [-0.2, -0.15) is 0 Å². The number of ether oxygens (including phenoxy) is 3. The first kappa shape index (κ1) is 20.5. The van der Waals surface area contributed by atoms with Crippen molar-refractivity contribution in [2.45, 2.75) is 70.4 Å². The van der Waals surface area contributed by atoms with Crippen LogP contribution in [0.1, 0.15) is 44.2 Å². The van der Waals surface area contributed by atoms with Gasteiger partial charge < -0.3 is 24.8 Å². The molecule has 3 aliphatic rings. The molecule has 0 aromatic heterocycles. The van der Waals surface area contributed by atoms with Gasteiger partial charge in [-0.1, -0.05) is 0 Å². The SMILES string of the molecule is CCOc1cc2c(cc1CNC(=NC)NC1CC3CCC1O3)OC(C)C2.I. The second kappa shape index (κ2) is 8.86. The van der Waals surface area contributed by atoms with E-state index in [0.29, 0.717) is 31.4 Å². The van der Waals surface area contributed by atoms with Crippen LogP contribution in [0.4, 0.5) is 0 Å². The maximum Gasteiger partial charge on any atom is 0.191 e. The number of nitrogens with one attached hydrogen (secondary N) is 2. The minimum absolute atomic E-state index is 0. The molecule has 2 saturated heterocycles. The summed E-state index contributed by atoms with van der Waals surface area (Å²) in [5, 5.41) is 6.94. The Morgan fingerprint density at radius 3 is 2.85 bits per heavy atom. The van der Waals surface area contributed by atoms with E-state index in [1.165, 1.54) is 12.0 Å². The molecule has 3 heterocycles. The van der Waals surface area contributed by atoms with Crippen molar-refractivity contribution in [3.63, 3.8) is 0 Å². The molecule has 2 fully saturated rings. The lowest BCUT2D eigenvalue weighted by atomic mass is 9.96. The van der Waals surface area contributed by atoms with Crippen LogP contribution in [0.15, 0.2) is 17.1 Å². The number of nitrogens with zero attached hydrogens (tertiary/aromatic N) is 1. The Bertz CT molecular complexity index is 697. The van der Waals surface area contributed by atoms with Gasteiger partial charge in [0.05, 0.1) is 24.9 Å². The van der Waals surface area contributed by atoms with E-state index in [1.807, 2.05) is 6.92 Å². The molecule has 0 spiro atoms. The van der Waals surface area contributed by atoms with Crippen molar-refractivity contribution in [2.75, 3.05) is 13.7 Å². The Hall–Kier alpha value is -1.22. The van der Waals surface area contributed by atoms with E-state index in [1.54, 1.807) is 7.05 Å². The fourth-order valence-corrected chi connectivity index (χ4v) is 4.25. The average Bonchev–Trinajstić information content (AvgIpc) is 3.33. The van der Waals surface area contributed by atoms with E-state index in [-0.39, 0.29) is 30.1 Å². The van der Waals surface area contributed by atoms with Crippen LogP contribution in [0.5, 0.6) is 11.5 Å². The van der Waals surface area contributed by atoms with E-state index < -0.39 is 0 Å². The summed E-state index contributed by atoms with van der Waals surface area (Å²) in [6.45, 7) is 5.40. The van der Waals surface area contributed by atoms with Crippen molar-refractivity contribution in [1.29, 1.82) is 0 Å². The van der Waals surface area contributed by atoms with E-state index in [0.717, 1.165) is 42.3 Å². The minimum Gasteiger partial charge on any atom is -0.494 e. The number of fused-ring (bicyclic) bond motifs is 3. The Balaban J connectivity index is 0.00000210. The molecule has 2 N–H and O–H groups in total. The summed E-state index contributed by atoms with van der Waals surface area (Å²) < 4.78 is 17.7. The van der Waals surface area contributed by atoms with Crippen LogP contribution in [0.2, 0.25) is 0 Å². The number of aliphatic imine (C=N–C) groups is 1. The molecule has 7 heteroatoms. The van der Waals surface area contributed by atoms with Crippen LogP contribution >= 0.6 is 24.0 Å². The zero-order valence-corrected chi connectivity index (χ0v) is 18.6. The summed E-state index contributed by atoms with van der Waals surface area (Å²) in [5.74, 6) is 2.71. The first-order valence-corrected chi connectivity index (χ1v) is 9.74. The fourth-order valence-electron chi connectivity index (χ4n) is 4.25. The number of benzene rings is 1. The monoisotopic (exact) mass is 487 g/mol. The first-order valence-electron chi connectivity index (χ1n) is 9.74. The Kier molecular flexibility index (Phi) is 6.73. The summed E-state index contributed by atoms with van der Waals surface area (Å²) >= 11 is 0. The number of guanidine groups is 1. The summed E-state index contributed by atoms with van der Waals surface area (Å²) in [6.07, 6.45) is 5.34. The first-order chi connectivity index (χ1) is 12.7. The van der Waals surface area contributed by atoms with Crippen molar-refractivity contribution in [3.8, 4) is 11.5 Å². The zero-order valence-electron chi connectivity index (χ0n) is 16.3. The van der Waals surface area contributed by atoms with Gasteiger partial charge in [0.25, 0.3) is 0 Å². The lowest BCUT2D eigenvalue weighted by molar-refractivity contribution is 0.0992. The molecule has 4 atom stereocenters. The van der Waals surface area contributed by atoms with E-state index in [9.17, 15) is 0 Å². The van der Waals surface area contributed by atoms with Crippen molar-refractivity contribution in [2.24, 2.45) is 4.99 Å². The highest BCUT2D eigenvalue weighted by Crippen LogP contribution is 2.36. The lowest BCUT2D eigenvalue weighted by Gasteiger charge is -2.23. The molecule has 0 saturated carbocycles. The van der Waals surface area contributed by atoms with Crippen LogP contribution in [0.3, 0.4) is 0 Å². The molecule has 150 valence electrons. The third-order valence-corrected chi connectivity index (χ3v) is 5.48. The number of hydrogen-bond acceptors (Lipinski definition) is 4. The van der Waals surface area contributed by atoms with Gasteiger partial charge in [0.15, 0.2) is 5.96 Å². The zero-order chi connectivity index (χ0) is 18.1. The molecule has 4 unspecified atom stereocenters. The van der Waals surface area contributed by atoms with Crippen molar-refractivity contribution < 1.29 is 14.2 Å². The van der Waals surface area contributed by atoms with Gasteiger partial charge in [-0.3, -0.25) is 4.99 Å². The second-order valence-corrected chi connectivity index (χ2v) is 7.42. The van der Waals surface area contributed by atoms with Crippen molar-refractivity contribution in [3.05, 3.63) is 23.3 Å². The largest absolute Gasteiger partial charge is 0.494 e. The highest BCUT2D eigenvalue weighted by Gasteiger charge is 2.41. The van der Waals surface area contributed by atoms with Gasteiger partial charge in [-0.15, -0.1) is 24.0 Å². The van der Waals surface area contributed by atoms with Crippen molar-refractivity contribution >= 4 is 29.9 Å². The standard InChI is InChI=1S/C20H29N3O3.HI/c1-4-24-18-8-13-7-12(2)25-19(13)9-14(18)11-22-20(21-3)23-16-10-15-5-6-17(16)26-15;/h8-9,12,15-17H,4-7,10-11H2,1-3H3,(H2,21,22,23);1H. The van der Waals surface area contributed by atoms with Crippen LogP contribution < -0.4 is 20.1 Å².